The third-order valence-corrected chi connectivity index (χ3v) is 3.09. The topological polar surface area (TPSA) is 41.0 Å². The lowest BCUT2D eigenvalue weighted by atomic mass is 10.2. The number of rotatable bonds is 6. The molecule has 0 fully saturated rings. The first-order valence-corrected chi connectivity index (χ1v) is 6.51. The highest BCUT2D eigenvalue weighted by molar-refractivity contribution is 5.78. The number of fused-ring (bicyclic) bond motifs is 1. The number of likely N-dealkylation sites (N-methyl/N-ethyl adjacent to an activating group) is 1. The van der Waals surface area contributed by atoms with Crippen molar-refractivity contribution in [1.82, 2.24) is 14.9 Å². The molecule has 0 amide bonds. The third-order valence-electron chi connectivity index (χ3n) is 3.09. The van der Waals surface area contributed by atoms with E-state index in [0.29, 0.717) is 5.95 Å². The summed E-state index contributed by atoms with van der Waals surface area (Å²) in [5.74, 6) is 0.709. The van der Waals surface area contributed by atoms with Gasteiger partial charge in [0.25, 0.3) is 0 Å². The lowest BCUT2D eigenvalue weighted by molar-refractivity contribution is 0.316. The highest BCUT2D eigenvalue weighted by atomic mass is 15.2. The normalized spacial score (nSPS) is 11.1. The molecule has 4 nitrogen and oxygen atoms in total. The fourth-order valence-corrected chi connectivity index (χ4v) is 1.92. The molecule has 18 heavy (non-hydrogen) atoms. The molecule has 1 heterocycles. The molecule has 0 bridgehead atoms. The molecule has 2 rings (SSSR count). The van der Waals surface area contributed by atoms with E-state index >= 15 is 0 Å². The number of hydrogen-bond acceptors (Lipinski definition) is 4. The van der Waals surface area contributed by atoms with Gasteiger partial charge in [-0.1, -0.05) is 32.0 Å². The van der Waals surface area contributed by atoms with Crippen molar-refractivity contribution in [3.63, 3.8) is 0 Å². The number of anilines is 1. The summed E-state index contributed by atoms with van der Waals surface area (Å²) >= 11 is 0. The van der Waals surface area contributed by atoms with Crippen molar-refractivity contribution in [1.29, 1.82) is 0 Å². The standard InChI is InChI=1S/C14H20N4/c1-3-18(4-2)10-9-15-14-16-11-12-7-5-6-8-13(12)17-14/h5-8,11H,3-4,9-10H2,1-2H3,(H,15,16,17). The maximum atomic E-state index is 4.48. The van der Waals surface area contributed by atoms with Crippen LogP contribution >= 0.6 is 0 Å². The van der Waals surface area contributed by atoms with Crippen LogP contribution in [0.2, 0.25) is 0 Å². The Balaban J connectivity index is 1.95. The van der Waals surface area contributed by atoms with Gasteiger partial charge in [-0.2, -0.15) is 0 Å². The first kappa shape index (κ1) is 12.8. The van der Waals surface area contributed by atoms with Gasteiger partial charge in [0.1, 0.15) is 0 Å². The molecular weight excluding hydrogens is 224 g/mol. The smallest absolute Gasteiger partial charge is 0.223 e. The van der Waals surface area contributed by atoms with Gasteiger partial charge in [-0.25, -0.2) is 9.97 Å². The molecule has 4 heteroatoms. The van der Waals surface area contributed by atoms with Gasteiger partial charge in [-0.15, -0.1) is 0 Å². The largest absolute Gasteiger partial charge is 0.353 e. The Morgan fingerprint density at radius 2 is 1.94 bits per heavy atom. The van der Waals surface area contributed by atoms with Crippen LogP contribution in [-0.4, -0.2) is 41.0 Å². The molecule has 1 aromatic carbocycles. The third kappa shape index (κ3) is 3.17. The maximum absolute atomic E-state index is 4.48. The Labute approximate surface area is 108 Å². The summed E-state index contributed by atoms with van der Waals surface area (Å²) in [5, 5.41) is 4.35. The van der Waals surface area contributed by atoms with E-state index in [9.17, 15) is 0 Å². The highest BCUT2D eigenvalue weighted by Crippen LogP contribution is 2.11. The predicted molar refractivity (Wildman–Crippen MR) is 75.8 cm³/mol. The molecule has 0 aliphatic heterocycles. The molecule has 0 saturated carbocycles. The number of nitrogens with one attached hydrogen (secondary N) is 1. The predicted octanol–water partition coefficient (Wildman–Crippen LogP) is 2.38. The van der Waals surface area contributed by atoms with Crippen LogP contribution in [0.3, 0.4) is 0 Å². The van der Waals surface area contributed by atoms with Crippen LogP contribution in [0.15, 0.2) is 30.5 Å². The van der Waals surface area contributed by atoms with E-state index in [1.165, 1.54) is 0 Å². The van der Waals surface area contributed by atoms with E-state index in [2.05, 4.69) is 34.0 Å². The summed E-state index contributed by atoms with van der Waals surface area (Å²) in [5.41, 5.74) is 0.984. The number of benzene rings is 1. The summed E-state index contributed by atoms with van der Waals surface area (Å²) in [6.07, 6.45) is 1.86. The van der Waals surface area contributed by atoms with Crippen LogP contribution in [-0.2, 0) is 0 Å². The first-order valence-electron chi connectivity index (χ1n) is 6.51. The monoisotopic (exact) mass is 244 g/mol. The minimum atomic E-state index is 0.709. The van der Waals surface area contributed by atoms with Crippen molar-refractivity contribution >= 4 is 16.9 Å². The zero-order valence-corrected chi connectivity index (χ0v) is 11.1. The molecule has 0 radical (unpaired) electrons. The second-order valence-electron chi connectivity index (χ2n) is 4.21. The number of para-hydroxylation sites is 1. The van der Waals surface area contributed by atoms with Gasteiger partial charge in [0.15, 0.2) is 0 Å². The van der Waals surface area contributed by atoms with Crippen LogP contribution in [0.5, 0.6) is 0 Å². The van der Waals surface area contributed by atoms with Crippen molar-refractivity contribution < 1.29 is 0 Å². The average molecular weight is 244 g/mol. The van der Waals surface area contributed by atoms with Crippen LogP contribution < -0.4 is 5.32 Å². The van der Waals surface area contributed by atoms with Crippen LogP contribution in [0.4, 0.5) is 5.95 Å². The summed E-state index contributed by atoms with van der Waals surface area (Å²) in [6, 6.07) is 8.02. The SMILES string of the molecule is CCN(CC)CCNc1ncc2ccccc2n1. The van der Waals surface area contributed by atoms with Crippen molar-refractivity contribution in [2.75, 3.05) is 31.5 Å². The minimum absolute atomic E-state index is 0.709. The molecule has 96 valence electrons. The van der Waals surface area contributed by atoms with Gasteiger partial charge < -0.3 is 10.2 Å². The summed E-state index contributed by atoms with van der Waals surface area (Å²) in [4.78, 5) is 11.2. The second kappa shape index (κ2) is 6.31. The van der Waals surface area contributed by atoms with Gasteiger partial charge in [-0.05, 0) is 19.2 Å². The van der Waals surface area contributed by atoms with Crippen LogP contribution in [0.25, 0.3) is 10.9 Å². The van der Waals surface area contributed by atoms with Crippen LogP contribution in [0, 0.1) is 0 Å². The van der Waals surface area contributed by atoms with Gasteiger partial charge in [0.2, 0.25) is 5.95 Å². The molecule has 0 unspecified atom stereocenters. The van der Waals surface area contributed by atoms with Crippen molar-refractivity contribution in [2.45, 2.75) is 13.8 Å². The van der Waals surface area contributed by atoms with Gasteiger partial charge in [0, 0.05) is 24.7 Å². The fraction of sp³-hybridized carbons (Fsp3) is 0.429. The molecule has 0 saturated heterocycles. The van der Waals surface area contributed by atoms with E-state index in [1.54, 1.807) is 0 Å². The van der Waals surface area contributed by atoms with Gasteiger partial charge in [0.05, 0.1) is 5.52 Å². The molecular formula is C14H20N4. The summed E-state index contributed by atoms with van der Waals surface area (Å²) in [6.45, 7) is 8.41. The number of nitrogens with zero attached hydrogens (tertiary/aromatic N) is 3. The second-order valence-corrected chi connectivity index (χ2v) is 4.21. The molecule has 0 aliphatic carbocycles. The number of hydrogen-bond donors (Lipinski definition) is 1. The summed E-state index contributed by atoms with van der Waals surface area (Å²) < 4.78 is 0. The van der Waals surface area contributed by atoms with E-state index in [-0.39, 0.29) is 0 Å². The Hall–Kier alpha value is -1.68. The Morgan fingerprint density at radius 1 is 1.17 bits per heavy atom. The highest BCUT2D eigenvalue weighted by Gasteiger charge is 2.01. The first-order chi connectivity index (χ1) is 8.83. The van der Waals surface area contributed by atoms with Gasteiger partial charge >= 0.3 is 0 Å². The van der Waals surface area contributed by atoms with Crippen molar-refractivity contribution in [3.8, 4) is 0 Å². The molecule has 2 aromatic rings. The molecule has 1 aromatic heterocycles. The molecule has 1 N–H and O–H groups in total. The Morgan fingerprint density at radius 3 is 2.72 bits per heavy atom. The van der Waals surface area contributed by atoms with E-state index in [4.69, 9.17) is 0 Å². The number of aromatic nitrogens is 2. The summed E-state index contributed by atoms with van der Waals surface area (Å²) in [7, 11) is 0. The Kier molecular flexibility index (Phi) is 4.47. The quantitative estimate of drug-likeness (QED) is 0.847. The fourth-order valence-electron chi connectivity index (χ4n) is 1.92. The molecule has 0 spiro atoms. The Bertz CT molecular complexity index is 494. The lowest BCUT2D eigenvalue weighted by Crippen LogP contribution is -2.28. The van der Waals surface area contributed by atoms with Crippen LogP contribution in [0.1, 0.15) is 13.8 Å². The van der Waals surface area contributed by atoms with Crippen molar-refractivity contribution in [2.24, 2.45) is 0 Å². The zero-order valence-electron chi connectivity index (χ0n) is 11.1. The lowest BCUT2D eigenvalue weighted by Gasteiger charge is -2.17. The van der Waals surface area contributed by atoms with E-state index in [1.807, 2.05) is 30.5 Å². The molecule has 0 atom stereocenters. The van der Waals surface area contributed by atoms with Gasteiger partial charge in [-0.3, -0.25) is 0 Å². The average Bonchev–Trinajstić information content (AvgIpc) is 2.43. The maximum Gasteiger partial charge on any atom is 0.223 e. The van der Waals surface area contributed by atoms with E-state index in [0.717, 1.165) is 37.1 Å². The zero-order chi connectivity index (χ0) is 12.8. The van der Waals surface area contributed by atoms with E-state index < -0.39 is 0 Å². The minimum Gasteiger partial charge on any atom is -0.353 e. The molecule has 0 aliphatic rings. The van der Waals surface area contributed by atoms with Crippen molar-refractivity contribution in [3.05, 3.63) is 30.5 Å².